The average Bonchev–Trinajstić information content (AvgIpc) is 2.85. The van der Waals surface area contributed by atoms with Gasteiger partial charge >= 0.3 is 0 Å². The lowest BCUT2D eigenvalue weighted by molar-refractivity contribution is 0.702. The molecule has 0 aliphatic carbocycles. The first-order valence-electron chi connectivity index (χ1n) is 5.85. The molecule has 0 spiro atoms. The second-order valence-electron chi connectivity index (χ2n) is 4.09. The van der Waals surface area contributed by atoms with Gasteiger partial charge in [-0.1, -0.05) is 0 Å². The summed E-state index contributed by atoms with van der Waals surface area (Å²) in [5.74, 6) is 0.902. The van der Waals surface area contributed by atoms with Crippen molar-refractivity contribution in [2.45, 2.75) is 13.0 Å². The summed E-state index contributed by atoms with van der Waals surface area (Å²) < 4.78 is 2.00. The van der Waals surface area contributed by atoms with Crippen LogP contribution >= 0.6 is 0 Å². The van der Waals surface area contributed by atoms with Crippen molar-refractivity contribution in [2.75, 3.05) is 13.1 Å². The number of nitrogens with zero attached hydrogens (tertiary/aromatic N) is 3. The van der Waals surface area contributed by atoms with Crippen LogP contribution in [0, 0.1) is 0 Å². The van der Waals surface area contributed by atoms with Gasteiger partial charge in [0.05, 0.1) is 0 Å². The number of imidazole rings is 1. The van der Waals surface area contributed by atoms with Crippen LogP contribution in [0.15, 0.2) is 35.7 Å². The van der Waals surface area contributed by atoms with E-state index in [9.17, 15) is 0 Å². The summed E-state index contributed by atoms with van der Waals surface area (Å²) in [5.41, 5.74) is 2.18. The number of hydrogen-bond donors (Lipinski definition) is 2. The lowest BCUT2D eigenvalue weighted by atomic mass is 10.2. The van der Waals surface area contributed by atoms with Gasteiger partial charge in [-0.3, -0.25) is 4.99 Å². The monoisotopic (exact) mass is 229 g/mol. The largest absolute Gasteiger partial charge is 0.356 e. The number of aliphatic imine (C=N–C) groups is 1. The van der Waals surface area contributed by atoms with Crippen molar-refractivity contribution in [3.8, 4) is 0 Å². The Morgan fingerprint density at radius 1 is 1.41 bits per heavy atom. The first-order valence-corrected chi connectivity index (χ1v) is 5.85. The summed E-state index contributed by atoms with van der Waals surface area (Å²) in [6.07, 6.45) is 6.89. The number of nitrogens with one attached hydrogen (secondary N) is 2. The third-order valence-corrected chi connectivity index (χ3v) is 2.82. The second kappa shape index (κ2) is 4.45. The van der Waals surface area contributed by atoms with Crippen LogP contribution in [0.4, 0.5) is 0 Å². The van der Waals surface area contributed by atoms with E-state index in [4.69, 9.17) is 0 Å². The Balaban J connectivity index is 1.69. The van der Waals surface area contributed by atoms with E-state index >= 15 is 0 Å². The van der Waals surface area contributed by atoms with Crippen molar-refractivity contribution in [3.05, 3.63) is 36.3 Å². The SMILES string of the molecule is c1cn2ccc(CNC3=NCCCN3)cc2n1. The predicted octanol–water partition coefficient (Wildman–Crippen LogP) is 0.773. The Morgan fingerprint density at radius 2 is 2.41 bits per heavy atom. The zero-order valence-corrected chi connectivity index (χ0v) is 9.56. The number of pyridine rings is 1. The fraction of sp³-hybridized carbons (Fsp3) is 0.333. The molecule has 0 radical (unpaired) electrons. The van der Waals surface area contributed by atoms with Crippen LogP contribution < -0.4 is 10.6 Å². The quantitative estimate of drug-likeness (QED) is 0.800. The summed E-state index contributed by atoms with van der Waals surface area (Å²) in [5, 5.41) is 6.54. The number of fused-ring (bicyclic) bond motifs is 1. The van der Waals surface area contributed by atoms with Crippen molar-refractivity contribution in [1.29, 1.82) is 0 Å². The van der Waals surface area contributed by atoms with Crippen LogP contribution in [0.25, 0.3) is 5.65 Å². The molecule has 1 aliphatic rings. The Bertz CT molecular complexity index is 543. The molecule has 3 rings (SSSR count). The molecule has 2 aromatic rings. The molecule has 0 saturated carbocycles. The summed E-state index contributed by atoms with van der Waals surface area (Å²) in [4.78, 5) is 8.63. The van der Waals surface area contributed by atoms with Crippen molar-refractivity contribution in [3.63, 3.8) is 0 Å². The van der Waals surface area contributed by atoms with Gasteiger partial charge in [0.25, 0.3) is 0 Å². The molecule has 3 heterocycles. The van der Waals surface area contributed by atoms with Crippen LogP contribution in [-0.2, 0) is 6.54 Å². The second-order valence-corrected chi connectivity index (χ2v) is 4.09. The van der Waals surface area contributed by atoms with Gasteiger partial charge in [0.2, 0.25) is 0 Å². The molecular formula is C12H15N5. The maximum absolute atomic E-state index is 4.37. The van der Waals surface area contributed by atoms with Gasteiger partial charge in [0, 0.05) is 38.2 Å². The molecule has 0 amide bonds. The van der Waals surface area contributed by atoms with Crippen LogP contribution in [0.2, 0.25) is 0 Å². The van der Waals surface area contributed by atoms with Crippen LogP contribution in [0.5, 0.6) is 0 Å². The highest BCUT2D eigenvalue weighted by atomic mass is 15.2. The minimum Gasteiger partial charge on any atom is -0.356 e. The highest BCUT2D eigenvalue weighted by Gasteiger charge is 2.03. The molecule has 0 unspecified atom stereocenters. The maximum Gasteiger partial charge on any atom is 0.191 e. The first kappa shape index (κ1) is 10.1. The van der Waals surface area contributed by atoms with Gasteiger partial charge in [0.15, 0.2) is 5.96 Å². The first-order chi connectivity index (χ1) is 8.42. The fourth-order valence-corrected chi connectivity index (χ4v) is 1.90. The molecule has 1 aliphatic heterocycles. The number of hydrogen-bond acceptors (Lipinski definition) is 4. The Hall–Kier alpha value is -2.04. The lowest BCUT2D eigenvalue weighted by Crippen LogP contribution is -2.40. The van der Waals surface area contributed by atoms with Crippen molar-refractivity contribution >= 4 is 11.6 Å². The Morgan fingerprint density at radius 3 is 3.29 bits per heavy atom. The smallest absolute Gasteiger partial charge is 0.191 e. The summed E-state index contributed by atoms with van der Waals surface area (Å²) in [6.45, 7) is 2.69. The van der Waals surface area contributed by atoms with Crippen LogP contribution in [-0.4, -0.2) is 28.4 Å². The van der Waals surface area contributed by atoms with Crippen LogP contribution in [0.3, 0.4) is 0 Å². The summed E-state index contributed by atoms with van der Waals surface area (Å²) in [7, 11) is 0. The number of rotatable bonds is 2. The van der Waals surface area contributed by atoms with E-state index in [2.05, 4.69) is 32.7 Å². The third kappa shape index (κ3) is 2.22. The molecule has 2 N–H and O–H groups in total. The maximum atomic E-state index is 4.37. The van der Waals surface area contributed by atoms with Gasteiger partial charge in [0.1, 0.15) is 5.65 Å². The minimum atomic E-state index is 0.773. The molecule has 0 bridgehead atoms. The molecular weight excluding hydrogens is 214 g/mol. The zero-order valence-electron chi connectivity index (χ0n) is 9.56. The molecule has 88 valence electrons. The molecule has 0 atom stereocenters. The molecule has 5 nitrogen and oxygen atoms in total. The highest BCUT2D eigenvalue weighted by Crippen LogP contribution is 2.05. The van der Waals surface area contributed by atoms with E-state index in [0.717, 1.165) is 37.7 Å². The molecule has 17 heavy (non-hydrogen) atoms. The fourth-order valence-electron chi connectivity index (χ4n) is 1.90. The molecule has 0 saturated heterocycles. The van der Waals surface area contributed by atoms with Crippen molar-refractivity contribution < 1.29 is 0 Å². The van der Waals surface area contributed by atoms with Gasteiger partial charge in [-0.25, -0.2) is 4.98 Å². The topological polar surface area (TPSA) is 53.7 Å². The Kier molecular flexibility index (Phi) is 2.65. The molecule has 0 aromatic carbocycles. The molecule has 2 aromatic heterocycles. The summed E-state index contributed by atoms with van der Waals surface area (Å²) in [6, 6.07) is 4.17. The molecule has 0 fully saturated rings. The van der Waals surface area contributed by atoms with Crippen molar-refractivity contribution in [1.82, 2.24) is 20.0 Å². The Labute approximate surface area is 99.6 Å². The van der Waals surface area contributed by atoms with E-state index in [1.54, 1.807) is 6.20 Å². The standard InChI is InChI=1S/C12H15N5/c1-3-14-12(15-4-1)16-9-10-2-6-17-7-5-13-11(17)8-10/h2,5-8H,1,3-4,9H2,(H2,14,15,16). The summed E-state index contributed by atoms with van der Waals surface area (Å²) >= 11 is 0. The third-order valence-electron chi connectivity index (χ3n) is 2.82. The highest BCUT2D eigenvalue weighted by molar-refractivity contribution is 5.80. The number of aromatic nitrogens is 2. The zero-order chi connectivity index (χ0) is 11.5. The van der Waals surface area contributed by atoms with Gasteiger partial charge < -0.3 is 15.0 Å². The predicted molar refractivity (Wildman–Crippen MR) is 67.0 cm³/mol. The van der Waals surface area contributed by atoms with E-state index in [1.165, 1.54) is 5.56 Å². The van der Waals surface area contributed by atoms with E-state index < -0.39 is 0 Å². The van der Waals surface area contributed by atoms with Crippen molar-refractivity contribution in [2.24, 2.45) is 4.99 Å². The normalized spacial score (nSPS) is 15.4. The average molecular weight is 229 g/mol. The van der Waals surface area contributed by atoms with E-state index in [1.807, 2.05) is 16.8 Å². The molecule has 5 heteroatoms. The lowest BCUT2D eigenvalue weighted by Gasteiger charge is -2.15. The van der Waals surface area contributed by atoms with Gasteiger partial charge in [-0.15, -0.1) is 0 Å². The van der Waals surface area contributed by atoms with Gasteiger partial charge in [-0.2, -0.15) is 0 Å². The van der Waals surface area contributed by atoms with E-state index in [-0.39, 0.29) is 0 Å². The van der Waals surface area contributed by atoms with E-state index in [0.29, 0.717) is 0 Å². The van der Waals surface area contributed by atoms with Crippen LogP contribution in [0.1, 0.15) is 12.0 Å². The number of guanidine groups is 1. The van der Waals surface area contributed by atoms with Gasteiger partial charge in [-0.05, 0) is 24.1 Å². The minimum absolute atomic E-state index is 0.773.